The molecule has 0 bridgehead atoms. The molecule has 0 aliphatic rings. The lowest BCUT2D eigenvalue weighted by atomic mass is 10.3. The van der Waals surface area contributed by atoms with Gasteiger partial charge in [-0.25, -0.2) is 9.67 Å². The van der Waals surface area contributed by atoms with Gasteiger partial charge in [-0.1, -0.05) is 35.3 Å². The number of hydrazone groups is 1. The summed E-state index contributed by atoms with van der Waals surface area (Å²) in [7, 11) is 0. The van der Waals surface area contributed by atoms with Crippen molar-refractivity contribution >= 4 is 35.2 Å². The molecule has 0 fully saturated rings. The van der Waals surface area contributed by atoms with E-state index in [-0.39, 0.29) is 0 Å². The molecule has 0 aliphatic heterocycles. The van der Waals surface area contributed by atoms with Gasteiger partial charge in [0, 0.05) is 11.2 Å². The third-order valence-corrected chi connectivity index (χ3v) is 3.74. The third kappa shape index (κ3) is 3.52. The molecule has 2 aromatic heterocycles. The van der Waals surface area contributed by atoms with Crippen LogP contribution in [0.5, 0.6) is 0 Å². The zero-order valence-corrected chi connectivity index (χ0v) is 13.8. The number of hydrogen-bond donors (Lipinski definition) is 1. The van der Waals surface area contributed by atoms with E-state index in [2.05, 4.69) is 20.6 Å². The third-order valence-electron chi connectivity index (χ3n) is 3.14. The Kier molecular flexibility index (Phi) is 4.60. The number of rotatable bonds is 4. The highest BCUT2D eigenvalue weighted by atomic mass is 35.5. The second-order valence-electron chi connectivity index (χ2n) is 4.77. The van der Waals surface area contributed by atoms with E-state index in [1.54, 1.807) is 29.2 Å². The van der Waals surface area contributed by atoms with Crippen LogP contribution in [0, 0.1) is 6.92 Å². The van der Waals surface area contributed by atoms with Gasteiger partial charge in [0.2, 0.25) is 0 Å². The molecule has 7 heteroatoms. The van der Waals surface area contributed by atoms with E-state index >= 15 is 0 Å². The van der Waals surface area contributed by atoms with Crippen molar-refractivity contribution in [1.29, 1.82) is 0 Å². The number of nitrogens with one attached hydrogen (secondary N) is 1. The molecule has 2 heterocycles. The lowest BCUT2D eigenvalue weighted by Crippen LogP contribution is -1.96. The van der Waals surface area contributed by atoms with Crippen molar-refractivity contribution in [3.05, 3.63) is 70.1 Å². The van der Waals surface area contributed by atoms with Gasteiger partial charge in [0.15, 0.2) is 0 Å². The number of benzene rings is 1. The second kappa shape index (κ2) is 6.81. The Morgan fingerprint density at radius 1 is 1.17 bits per heavy atom. The lowest BCUT2D eigenvalue weighted by Gasteiger charge is -2.03. The highest BCUT2D eigenvalue weighted by Gasteiger charge is 2.13. The van der Waals surface area contributed by atoms with Crippen LogP contribution in [0.15, 0.2) is 53.8 Å². The minimum atomic E-state index is 0.469. The maximum absolute atomic E-state index is 6.42. The lowest BCUT2D eigenvalue weighted by molar-refractivity contribution is 0.863. The molecule has 5 nitrogen and oxygen atoms in total. The van der Waals surface area contributed by atoms with Crippen molar-refractivity contribution in [3.8, 4) is 5.69 Å². The summed E-state index contributed by atoms with van der Waals surface area (Å²) >= 11 is 12.4. The van der Waals surface area contributed by atoms with Crippen LogP contribution < -0.4 is 5.43 Å². The van der Waals surface area contributed by atoms with Gasteiger partial charge in [0.05, 0.1) is 23.2 Å². The van der Waals surface area contributed by atoms with Gasteiger partial charge in [-0.2, -0.15) is 10.2 Å². The number of pyridine rings is 1. The summed E-state index contributed by atoms with van der Waals surface area (Å²) in [6, 6.07) is 12.9. The Bertz CT molecular complexity index is 843. The summed E-state index contributed by atoms with van der Waals surface area (Å²) in [5.41, 5.74) is 5.14. The Morgan fingerprint density at radius 2 is 2.04 bits per heavy atom. The average Bonchev–Trinajstić information content (AvgIpc) is 2.84. The number of nitrogens with zero attached hydrogens (tertiary/aromatic N) is 4. The normalized spacial score (nSPS) is 11.1. The van der Waals surface area contributed by atoms with E-state index in [9.17, 15) is 0 Å². The molecule has 0 radical (unpaired) electrons. The van der Waals surface area contributed by atoms with E-state index in [0.29, 0.717) is 16.0 Å². The minimum Gasteiger partial charge on any atom is -0.261 e. The molecule has 0 saturated heterocycles. The fourth-order valence-electron chi connectivity index (χ4n) is 2.03. The van der Waals surface area contributed by atoms with Crippen LogP contribution in [0.2, 0.25) is 10.2 Å². The van der Waals surface area contributed by atoms with Crippen LogP contribution in [-0.4, -0.2) is 21.0 Å². The van der Waals surface area contributed by atoms with Gasteiger partial charge < -0.3 is 0 Å². The fraction of sp³-hybridized carbons (Fsp3) is 0.0625. The van der Waals surface area contributed by atoms with Gasteiger partial charge in [-0.15, -0.1) is 0 Å². The highest BCUT2D eigenvalue weighted by Crippen LogP contribution is 2.23. The summed E-state index contributed by atoms with van der Waals surface area (Å²) in [5.74, 6) is 0.653. The maximum atomic E-state index is 6.42. The van der Waals surface area contributed by atoms with Crippen molar-refractivity contribution < 1.29 is 0 Å². The number of hydrogen-bond acceptors (Lipinski definition) is 4. The van der Waals surface area contributed by atoms with E-state index in [1.807, 2.05) is 37.3 Å². The maximum Gasteiger partial charge on any atom is 0.146 e. The first kappa shape index (κ1) is 15.5. The zero-order valence-electron chi connectivity index (χ0n) is 12.2. The summed E-state index contributed by atoms with van der Waals surface area (Å²) < 4.78 is 1.63. The first-order valence-corrected chi connectivity index (χ1v) is 7.62. The van der Waals surface area contributed by atoms with E-state index in [0.717, 1.165) is 16.9 Å². The van der Waals surface area contributed by atoms with Gasteiger partial charge in [0.1, 0.15) is 11.0 Å². The van der Waals surface area contributed by atoms with Crippen LogP contribution in [-0.2, 0) is 0 Å². The molecule has 0 saturated carbocycles. The average molecular weight is 346 g/mol. The largest absolute Gasteiger partial charge is 0.261 e. The minimum absolute atomic E-state index is 0.469. The summed E-state index contributed by atoms with van der Waals surface area (Å²) in [6.07, 6.45) is 3.31. The summed E-state index contributed by atoms with van der Waals surface area (Å²) in [5, 5.41) is 9.69. The van der Waals surface area contributed by atoms with E-state index in [1.165, 1.54) is 0 Å². The molecule has 0 atom stereocenters. The molecule has 0 aliphatic carbocycles. The van der Waals surface area contributed by atoms with Gasteiger partial charge in [0.25, 0.3) is 0 Å². The smallest absolute Gasteiger partial charge is 0.146 e. The predicted molar refractivity (Wildman–Crippen MR) is 93.8 cm³/mol. The molecule has 0 unspecified atom stereocenters. The molecule has 0 spiro atoms. The van der Waals surface area contributed by atoms with E-state index in [4.69, 9.17) is 23.2 Å². The van der Waals surface area contributed by atoms with Crippen LogP contribution in [0.4, 0.5) is 5.82 Å². The Morgan fingerprint density at radius 3 is 2.78 bits per heavy atom. The van der Waals surface area contributed by atoms with Crippen LogP contribution in [0.25, 0.3) is 5.69 Å². The van der Waals surface area contributed by atoms with Gasteiger partial charge in [-0.3, -0.25) is 5.43 Å². The van der Waals surface area contributed by atoms with Gasteiger partial charge in [-0.05, 0) is 37.3 Å². The van der Waals surface area contributed by atoms with Crippen LogP contribution in [0.1, 0.15) is 11.3 Å². The first-order chi connectivity index (χ1) is 11.1. The van der Waals surface area contributed by atoms with Crippen LogP contribution >= 0.6 is 23.2 Å². The first-order valence-electron chi connectivity index (χ1n) is 6.86. The second-order valence-corrected chi connectivity index (χ2v) is 5.56. The Balaban J connectivity index is 1.86. The SMILES string of the molecule is Cc1nn(-c2cccc(Cl)c2)c(Cl)c1/C=N/Nc1ccccn1. The van der Waals surface area contributed by atoms with E-state index < -0.39 is 0 Å². The molecule has 1 N–H and O–H groups in total. The number of aromatic nitrogens is 3. The molecule has 23 heavy (non-hydrogen) atoms. The monoisotopic (exact) mass is 345 g/mol. The predicted octanol–water partition coefficient (Wildman–Crippen LogP) is 4.33. The topological polar surface area (TPSA) is 55.1 Å². The van der Waals surface area contributed by atoms with Crippen LogP contribution in [0.3, 0.4) is 0 Å². The van der Waals surface area contributed by atoms with Gasteiger partial charge >= 0.3 is 0 Å². The summed E-state index contributed by atoms with van der Waals surface area (Å²) in [4.78, 5) is 4.12. The standard InChI is InChI=1S/C16H13Cl2N5/c1-11-14(10-20-21-15-7-2-3-8-19-15)16(18)23(22-11)13-6-4-5-12(17)9-13/h2-10H,1H3,(H,19,21)/b20-10+. The Labute approximate surface area is 143 Å². The van der Waals surface area contributed by atoms with Crippen molar-refractivity contribution in [2.24, 2.45) is 5.10 Å². The Hall–Kier alpha value is -2.37. The molecule has 1 aromatic carbocycles. The number of anilines is 1. The number of aryl methyl sites for hydroxylation is 1. The van der Waals surface area contributed by atoms with Crippen molar-refractivity contribution in [1.82, 2.24) is 14.8 Å². The van der Waals surface area contributed by atoms with Crippen molar-refractivity contribution in [3.63, 3.8) is 0 Å². The fourth-order valence-corrected chi connectivity index (χ4v) is 2.53. The summed E-state index contributed by atoms with van der Waals surface area (Å²) in [6.45, 7) is 1.87. The molecule has 3 rings (SSSR count). The molecule has 3 aromatic rings. The highest BCUT2D eigenvalue weighted by molar-refractivity contribution is 6.32. The number of halogens is 2. The van der Waals surface area contributed by atoms with Crippen molar-refractivity contribution in [2.45, 2.75) is 6.92 Å². The quantitative estimate of drug-likeness (QED) is 0.565. The molecule has 0 amide bonds. The molecular weight excluding hydrogens is 333 g/mol. The molecular formula is C16H13Cl2N5. The van der Waals surface area contributed by atoms with Crippen molar-refractivity contribution in [2.75, 3.05) is 5.43 Å². The zero-order chi connectivity index (χ0) is 16.2. The molecule has 116 valence electrons.